The summed E-state index contributed by atoms with van der Waals surface area (Å²) >= 11 is 3.56. The number of carbonyl (C=O) groups is 1. The third kappa shape index (κ3) is 6.24. The van der Waals surface area contributed by atoms with Crippen molar-refractivity contribution in [1.29, 1.82) is 0 Å². The molecule has 0 saturated carbocycles. The van der Waals surface area contributed by atoms with Crippen LogP contribution in [-0.2, 0) is 11.4 Å². The lowest BCUT2D eigenvalue weighted by molar-refractivity contribution is -0.113. The van der Waals surface area contributed by atoms with Crippen LogP contribution in [0.1, 0.15) is 29.7 Å². The number of anilines is 1. The smallest absolute Gasteiger partial charge is 0.271 e. The molecule has 1 aliphatic heterocycles. The fourth-order valence-electron chi connectivity index (χ4n) is 5.13. The van der Waals surface area contributed by atoms with Gasteiger partial charge in [0.15, 0.2) is 4.80 Å². The number of halogens is 1. The minimum absolute atomic E-state index is 0.215. The largest absolute Gasteiger partial charge is 0.496 e. The van der Waals surface area contributed by atoms with E-state index in [0.717, 1.165) is 26.0 Å². The van der Waals surface area contributed by atoms with E-state index in [0.29, 0.717) is 38.6 Å². The van der Waals surface area contributed by atoms with E-state index in [2.05, 4.69) is 27.9 Å². The molecule has 0 bridgehead atoms. The summed E-state index contributed by atoms with van der Waals surface area (Å²) in [5, 5.41) is 2.98. The van der Waals surface area contributed by atoms with Gasteiger partial charge in [0.05, 0.1) is 29.0 Å². The zero-order valence-corrected chi connectivity index (χ0v) is 27.0. The van der Waals surface area contributed by atoms with Gasteiger partial charge in [-0.1, -0.05) is 65.9 Å². The molecule has 2 heterocycles. The number of amides is 1. The lowest BCUT2D eigenvalue weighted by Crippen LogP contribution is -2.40. The highest BCUT2D eigenvalue weighted by Crippen LogP contribution is 2.31. The van der Waals surface area contributed by atoms with Crippen LogP contribution in [-0.4, -0.2) is 17.6 Å². The third-order valence-corrected chi connectivity index (χ3v) is 8.93. The van der Waals surface area contributed by atoms with Gasteiger partial charge in [-0.2, -0.15) is 0 Å². The van der Waals surface area contributed by atoms with Crippen molar-refractivity contribution in [3.8, 4) is 11.5 Å². The van der Waals surface area contributed by atoms with Crippen molar-refractivity contribution in [2.75, 3.05) is 12.4 Å². The Bertz CT molecular complexity index is 2040. The number of hydrogen-bond acceptors (Lipinski definition) is 6. The number of carbonyl (C=O) groups excluding carboxylic acids is 1. The highest BCUT2D eigenvalue weighted by atomic mass is 127. The molecule has 220 valence electrons. The number of para-hydroxylation sites is 1. The van der Waals surface area contributed by atoms with Crippen LogP contribution in [0.15, 0.2) is 124 Å². The number of methoxy groups -OCH3 is 1. The molecule has 0 saturated heterocycles. The maximum Gasteiger partial charge on any atom is 0.271 e. The fraction of sp³-hybridized carbons (Fsp3) is 0.114. The van der Waals surface area contributed by atoms with Gasteiger partial charge in [-0.25, -0.2) is 4.99 Å². The van der Waals surface area contributed by atoms with Crippen LogP contribution in [0.2, 0.25) is 0 Å². The second kappa shape index (κ2) is 13.0. The SMILES string of the molecule is COc1ccc(/C=c2\sc3n(c2=O)[C@H](c2ccccc2)C(C(=O)Nc2ccccc2)=C(C)N=3)cc1COc1ccc(I)cc1. The van der Waals surface area contributed by atoms with Crippen LogP contribution >= 0.6 is 33.9 Å². The Morgan fingerprint density at radius 1 is 1.00 bits per heavy atom. The van der Waals surface area contributed by atoms with Gasteiger partial charge < -0.3 is 14.8 Å². The number of benzene rings is 4. The molecule has 0 spiro atoms. The Morgan fingerprint density at radius 3 is 2.41 bits per heavy atom. The molecular formula is C35H28IN3O4S. The number of nitrogens with zero attached hydrogens (tertiary/aromatic N) is 2. The van der Waals surface area contributed by atoms with Crippen LogP contribution in [0.5, 0.6) is 11.5 Å². The molecule has 5 aromatic rings. The van der Waals surface area contributed by atoms with Crippen molar-refractivity contribution in [3.05, 3.63) is 154 Å². The van der Waals surface area contributed by atoms with Crippen LogP contribution in [0.4, 0.5) is 5.69 Å². The zero-order chi connectivity index (χ0) is 30.6. The number of rotatable bonds is 8. The highest BCUT2D eigenvalue weighted by Gasteiger charge is 2.32. The first kappa shape index (κ1) is 29.6. The summed E-state index contributed by atoms with van der Waals surface area (Å²) in [7, 11) is 1.62. The zero-order valence-electron chi connectivity index (χ0n) is 24.0. The highest BCUT2D eigenvalue weighted by molar-refractivity contribution is 14.1. The minimum atomic E-state index is -0.632. The molecule has 1 aromatic heterocycles. The number of allylic oxidation sites excluding steroid dienone is 1. The molecule has 0 radical (unpaired) electrons. The summed E-state index contributed by atoms with van der Waals surface area (Å²) in [6, 6.07) is 31.8. The van der Waals surface area contributed by atoms with E-state index in [1.165, 1.54) is 11.3 Å². The van der Waals surface area contributed by atoms with E-state index < -0.39 is 6.04 Å². The van der Waals surface area contributed by atoms with E-state index in [1.807, 2.05) is 116 Å². The lowest BCUT2D eigenvalue weighted by Gasteiger charge is -2.25. The lowest BCUT2D eigenvalue weighted by atomic mass is 9.95. The quantitative estimate of drug-likeness (QED) is 0.198. The summed E-state index contributed by atoms with van der Waals surface area (Å²) in [4.78, 5) is 33.0. The third-order valence-electron chi connectivity index (χ3n) is 7.22. The first-order valence-corrected chi connectivity index (χ1v) is 15.8. The van der Waals surface area contributed by atoms with Gasteiger partial charge in [-0.05, 0) is 95.2 Å². The molecule has 44 heavy (non-hydrogen) atoms. The molecule has 1 N–H and O–H groups in total. The molecular weight excluding hydrogens is 685 g/mol. The Hall–Kier alpha value is -4.48. The number of ether oxygens (including phenoxy) is 2. The molecule has 4 aromatic carbocycles. The van der Waals surface area contributed by atoms with Gasteiger partial charge in [0, 0.05) is 14.8 Å². The number of fused-ring (bicyclic) bond motifs is 1. The van der Waals surface area contributed by atoms with Crippen LogP contribution < -0.4 is 29.7 Å². The molecule has 1 atom stereocenters. The standard InChI is InChI=1S/C35H28IN3O4S/c1-22-31(33(40)38-27-11-7-4-8-12-27)32(24-9-5-3-6-10-24)39-34(41)30(44-35(39)37-22)20-23-13-18-29(42-2)25(19-23)21-43-28-16-14-26(36)15-17-28/h3-20,32H,21H2,1-2H3,(H,38,40)/b30-20-/t32-/m1/s1. The molecule has 7 nitrogen and oxygen atoms in total. The van der Waals surface area contributed by atoms with Crippen molar-refractivity contribution in [2.45, 2.75) is 19.6 Å². The van der Waals surface area contributed by atoms with E-state index in [9.17, 15) is 9.59 Å². The molecule has 1 amide bonds. The molecule has 0 fully saturated rings. The molecule has 1 aliphatic rings. The van der Waals surface area contributed by atoms with Gasteiger partial charge >= 0.3 is 0 Å². The van der Waals surface area contributed by atoms with Crippen molar-refractivity contribution in [3.63, 3.8) is 0 Å². The number of thiazole rings is 1. The number of hydrogen-bond donors (Lipinski definition) is 1. The van der Waals surface area contributed by atoms with E-state index in [-0.39, 0.29) is 11.5 Å². The Kier molecular flexibility index (Phi) is 8.76. The van der Waals surface area contributed by atoms with Crippen molar-refractivity contribution in [2.24, 2.45) is 4.99 Å². The predicted octanol–water partition coefficient (Wildman–Crippen LogP) is 6.07. The van der Waals surface area contributed by atoms with Gasteiger partial charge in [-0.15, -0.1) is 0 Å². The van der Waals surface area contributed by atoms with Crippen molar-refractivity contribution < 1.29 is 14.3 Å². The van der Waals surface area contributed by atoms with Crippen LogP contribution in [0.3, 0.4) is 0 Å². The van der Waals surface area contributed by atoms with E-state index >= 15 is 0 Å². The first-order valence-electron chi connectivity index (χ1n) is 13.9. The predicted molar refractivity (Wildman–Crippen MR) is 182 cm³/mol. The van der Waals surface area contributed by atoms with Gasteiger partial charge in [0.25, 0.3) is 11.5 Å². The molecule has 6 rings (SSSR count). The van der Waals surface area contributed by atoms with Crippen molar-refractivity contribution >= 4 is 51.6 Å². The average Bonchev–Trinajstić information content (AvgIpc) is 3.34. The summed E-state index contributed by atoms with van der Waals surface area (Å²) in [6.07, 6.45) is 1.85. The van der Waals surface area contributed by atoms with Gasteiger partial charge in [-0.3, -0.25) is 14.2 Å². The van der Waals surface area contributed by atoms with Crippen LogP contribution in [0, 0.1) is 3.57 Å². The topological polar surface area (TPSA) is 81.9 Å². The molecule has 0 aliphatic carbocycles. The number of nitrogens with one attached hydrogen (secondary N) is 1. The first-order chi connectivity index (χ1) is 21.4. The Morgan fingerprint density at radius 2 is 1.70 bits per heavy atom. The normalized spacial score (nSPS) is 14.5. The summed E-state index contributed by atoms with van der Waals surface area (Å²) in [5.41, 5.74) is 3.96. The van der Waals surface area contributed by atoms with Gasteiger partial charge in [0.1, 0.15) is 18.1 Å². The second-order valence-corrected chi connectivity index (χ2v) is 12.4. The minimum Gasteiger partial charge on any atom is -0.496 e. The fourth-order valence-corrected chi connectivity index (χ4v) is 6.53. The maximum atomic E-state index is 14.1. The molecule has 0 unspecified atom stereocenters. The number of aromatic nitrogens is 1. The van der Waals surface area contributed by atoms with Crippen molar-refractivity contribution in [1.82, 2.24) is 4.57 Å². The summed E-state index contributed by atoms with van der Waals surface area (Å²) < 4.78 is 14.9. The summed E-state index contributed by atoms with van der Waals surface area (Å²) in [6.45, 7) is 2.12. The summed E-state index contributed by atoms with van der Waals surface area (Å²) in [5.74, 6) is 1.16. The van der Waals surface area contributed by atoms with Gasteiger partial charge in [0.2, 0.25) is 0 Å². The molecule has 9 heteroatoms. The second-order valence-electron chi connectivity index (χ2n) is 10.1. The average molecular weight is 714 g/mol. The van der Waals surface area contributed by atoms with E-state index in [4.69, 9.17) is 14.5 Å². The monoisotopic (exact) mass is 713 g/mol. The van der Waals surface area contributed by atoms with E-state index in [1.54, 1.807) is 11.7 Å². The van der Waals surface area contributed by atoms with Crippen LogP contribution in [0.25, 0.3) is 6.08 Å². The Balaban J connectivity index is 1.39. The Labute approximate surface area is 272 Å². The maximum absolute atomic E-state index is 14.1.